The SMILES string of the molecule is CCCC(=O)C(C)(C)[n+]1[nH]cc2ccc(-c3noc(C4CCN(C(=O)CNC(=O)c5ccccc5)CC4)n3)cc21. The molecule has 1 saturated heterocycles. The van der Waals surface area contributed by atoms with Crippen LogP contribution >= 0.6 is 0 Å². The third kappa shape index (κ3) is 5.52. The Labute approximate surface area is 232 Å². The maximum Gasteiger partial charge on any atom is 0.251 e. The first kappa shape index (κ1) is 27.2. The van der Waals surface area contributed by atoms with Gasteiger partial charge >= 0.3 is 0 Å². The lowest BCUT2D eigenvalue weighted by Crippen LogP contribution is -2.58. The summed E-state index contributed by atoms with van der Waals surface area (Å²) in [7, 11) is 0. The molecule has 0 atom stereocenters. The number of piperidine rings is 1. The Kier molecular flexibility index (Phi) is 7.77. The lowest BCUT2D eigenvalue weighted by molar-refractivity contribution is -0.769. The summed E-state index contributed by atoms with van der Waals surface area (Å²) >= 11 is 0. The van der Waals surface area contributed by atoms with Crippen molar-refractivity contribution in [2.24, 2.45) is 0 Å². The van der Waals surface area contributed by atoms with Crippen LogP contribution in [0.25, 0.3) is 22.3 Å². The van der Waals surface area contributed by atoms with E-state index in [1.165, 1.54) is 0 Å². The molecule has 0 radical (unpaired) electrons. The van der Waals surface area contributed by atoms with Gasteiger partial charge in [-0.25, -0.2) is 0 Å². The molecule has 2 aromatic carbocycles. The highest BCUT2D eigenvalue weighted by Gasteiger charge is 2.40. The van der Waals surface area contributed by atoms with E-state index in [0.717, 1.165) is 22.9 Å². The first-order valence-corrected chi connectivity index (χ1v) is 13.8. The highest BCUT2D eigenvalue weighted by Crippen LogP contribution is 2.29. The molecule has 2 amide bonds. The monoisotopic (exact) mass is 543 g/mol. The summed E-state index contributed by atoms with van der Waals surface area (Å²) in [6.45, 7) is 6.93. The molecular formula is C30H35N6O4+. The molecule has 10 nitrogen and oxygen atoms in total. The Bertz CT molecular complexity index is 1520. The van der Waals surface area contributed by atoms with E-state index in [2.05, 4.69) is 15.6 Å². The van der Waals surface area contributed by atoms with Crippen LogP contribution in [-0.2, 0) is 15.1 Å². The fraction of sp³-hybridized carbons (Fsp3) is 0.400. The molecule has 0 saturated carbocycles. The summed E-state index contributed by atoms with van der Waals surface area (Å²) in [4.78, 5) is 44.2. The van der Waals surface area contributed by atoms with Crippen molar-refractivity contribution in [1.29, 1.82) is 0 Å². The smallest absolute Gasteiger partial charge is 0.251 e. The molecule has 3 heterocycles. The Morgan fingerprint density at radius 3 is 2.60 bits per heavy atom. The number of rotatable bonds is 9. The average Bonchev–Trinajstić information content (AvgIpc) is 3.64. The second-order valence-electron chi connectivity index (χ2n) is 10.8. The third-order valence-corrected chi connectivity index (χ3v) is 7.67. The summed E-state index contributed by atoms with van der Waals surface area (Å²) in [5, 5.41) is 11.2. The van der Waals surface area contributed by atoms with Gasteiger partial charge in [0.15, 0.2) is 0 Å². The van der Waals surface area contributed by atoms with Gasteiger partial charge in [0.1, 0.15) is 0 Å². The minimum atomic E-state index is -0.714. The maximum atomic E-state index is 12.8. The van der Waals surface area contributed by atoms with E-state index in [1.54, 1.807) is 29.2 Å². The van der Waals surface area contributed by atoms with Crippen LogP contribution < -0.4 is 10.00 Å². The Morgan fingerprint density at radius 1 is 1.12 bits per heavy atom. The molecule has 2 N–H and O–H groups in total. The predicted octanol–water partition coefficient (Wildman–Crippen LogP) is 3.75. The van der Waals surface area contributed by atoms with Gasteiger partial charge < -0.3 is 14.7 Å². The minimum absolute atomic E-state index is 0.0361. The zero-order valence-corrected chi connectivity index (χ0v) is 23.1. The van der Waals surface area contributed by atoms with E-state index in [1.807, 2.05) is 55.9 Å². The van der Waals surface area contributed by atoms with E-state index >= 15 is 0 Å². The number of hydrogen-bond donors (Lipinski definition) is 2. The van der Waals surface area contributed by atoms with Crippen LogP contribution in [0.4, 0.5) is 0 Å². The largest absolute Gasteiger partial charge is 0.343 e. The predicted molar refractivity (Wildman–Crippen MR) is 148 cm³/mol. The highest BCUT2D eigenvalue weighted by molar-refractivity contribution is 5.96. The number of nitrogens with zero attached hydrogens (tertiary/aromatic N) is 4. The van der Waals surface area contributed by atoms with Gasteiger partial charge in [0, 0.05) is 56.5 Å². The van der Waals surface area contributed by atoms with E-state index < -0.39 is 5.54 Å². The van der Waals surface area contributed by atoms with Crippen molar-refractivity contribution in [3.63, 3.8) is 0 Å². The average molecular weight is 544 g/mol. The molecule has 0 unspecified atom stereocenters. The molecule has 2 aromatic heterocycles. The number of aromatic nitrogens is 4. The molecule has 5 rings (SSSR count). The number of benzene rings is 2. The quantitative estimate of drug-likeness (QED) is 0.310. The molecule has 0 bridgehead atoms. The van der Waals surface area contributed by atoms with Gasteiger partial charge in [0.05, 0.1) is 18.1 Å². The fourth-order valence-corrected chi connectivity index (χ4v) is 5.18. The van der Waals surface area contributed by atoms with Gasteiger partial charge in [-0.05, 0) is 43.5 Å². The number of aromatic amines is 1. The molecule has 40 heavy (non-hydrogen) atoms. The number of fused-ring (bicyclic) bond motifs is 1. The second kappa shape index (κ2) is 11.4. The number of likely N-dealkylation sites (tertiary alicyclic amines) is 1. The van der Waals surface area contributed by atoms with Crippen molar-refractivity contribution in [3.05, 3.63) is 66.2 Å². The highest BCUT2D eigenvalue weighted by atomic mass is 16.5. The number of carbonyl (C=O) groups is 3. The van der Waals surface area contributed by atoms with Crippen molar-refractivity contribution in [3.8, 4) is 11.4 Å². The van der Waals surface area contributed by atoms with Gasteiger partial charge in [-0.3, -0.25) is 14.4 Å². The number of carbonyl (C=O) groups excluding carboxylic acids is 3. The summed E-state index contributed by atoms with van der Waals surface area (Å²) in [6, 6.07) is 14.8. The van der Waals surface area contributed by atoms with Crippen molar-refractivity contribution in [2.75, 3.05) is 19.6 Å². The number of Topliss-reactive ketones (excluding diaryl/α,β-unsaturated/α-hetero) is 1. The van der Waals surface area contributed by atoms with Crippen LogP contribution in [0.3, 0.4) is 0 Å². The third-order valence-electron chi connectivity index (χ3n) is 7.67. The van der Waals surface area contributed by atoms with Gasteiger partial charge in [0.2, 0.25) is 34.5 Å². The van der Waals surface area contributed by atoms with Crippen molar-refractivity contribution in [2.45, 2.75) is 57.9 Å². The number of hydrogen-bond acceptors (Lipinski definition) is 6. The van der Waals surface area contributed by atoms with Gasteiger partial charge in [-0.1, -0.05) is 35.0 Å². The maximum absolute atomic E-state index is 12.8. The van der Waals surface area contributed by atoms with Crippen LogP contribution in [0, 0.1) is 0 Å². The molecule has 1 aliphatic rings. The van der Waals surface area contributed by atoms with Gasteiger partial charge in [-0.15, -0.1) is 0 Å². The summed E-state index contributed by atoms with van der Waals surface area (Å²) < 4.78 is 7.56. The Balaban J connectivity index is 1.22. The molecule has 1 fully saturated rings. The number of amides is 2. The summed E-state index contributed by atoms with van der Waals surface area (Å²) in [5.41, 5.74) is 1.51. The molecule has 4 aromatic rings. The van der Waals surface area contributed by atoms with Crippen molar-refractivity contribution < 1.29 is 23.6 Å². The molecule has 0 aliphatic carbocycles. The van der Waals surface area contributed by atoms with Crippen LogP contribution in [-0.4, -0.2) is 57.4 Å². The molecular weight excluding hydrogens is 508 g/mol. The first-order chi connectivity index (χ1) is 19.3. The van der Waals surface area contributed by atoms with Crippen molar-refractivity contribution >= 4 is 28.5 Å². The fourth-order valence-electron chi connectivity index (χ4n) is 5.18. The number of nitrogens with one attached hydrogen (secondary N) is 2. The summed E-state index contributed by atoms with van der Waals surface area (Å²) in [5.74, 6) is 0.892. The zero-order valence-electron chi connectivity index (χ0n) is 23.1. The molecule has 1 aliphatic heterocycles. The van der Waals surface area contributed by atoms with Crippen LogP contribution in [0.15, 0.2) is 59.3 Å². The lowest BCUT2D eigenvalue weighted by atomic mass is 9.95. The Morgan fingerprint density at radius 2 is 1.88 bits per heavy atom. The van der Waals surface area contributed by atoms with Crippen LogP contribution in [0.2, 0.25) is 0 Å². The van der Waals surface area contributed by atoms with Gasteiger partial charge in [0.25, 0.3) is 5.91 Å². The summed E-state index contributed by atoms with van der Waals surface area (Å²) in [6.07, 6.45) is 4.61. The van der Waals surface area contributed by atoms with E-state index in [0.29, 0.717) is 49.6 Å². The number of H-pyrrole nitrogens is 1. The van der Waals surface area contributed by atoms with Crippen molar-refractivity contribution in [1.82, 2.24) is 25.5 Å². The molecule has 10 heteroatoms. The zero-order chi connectivity index (χ0) is 28.3. The molecule has 208 valence electrons. The van der Waals surface area contributed by atoms with E-state index in [9.17, 15) is 14.4 Å². The molecule has 0 spiro atoms. The normalized spacial score (nSPS) is 14.4. The topological polar surface area (TPSA) is 125 Å². The van der Waals surface area contributed by atoms with Crippen LogP contribution in [0.1, 0.15) is 68.6 Å². The standard InChI is InChI=1S/C30H34N6O4/c1-4-8-25(37)30(2,3)36-24-17-22(11-12-23(24)18-32-36)27-33-29(40-34-27)21-13-15-35(16-14-21)26(38)19-31-28(39)20-9-6-5-7-10-20/h5-7,9-12,17-18,21H,4,8,13-16,19H2,1-3H3,(H,31,39)/p+1. The second-order valence-corrected chi connectivity index (χ2v) is 10.8. The minimum Gasteiger partial charge on any atom is -0.343 e. The van der Waals surface area contributed by atoms with Crippen LogP contribution in [0.5, 0.6) is 0 Å². The van der Waals surface area contributed by atoms with Gasteiger partial charge in [-0.2, -0.15) is 10.1 Å². The van der Waals surface area contributed by atoms with E-state index in [4.69, 9.17) is 9.51 Å². The Hall–Kier alpha value is -4.34. The number of ketones is 1. The lowest BCUT2D eigenvalue weighted by Gasteiger charge is -2.30. The first-order valence-electron chi connectivity index (χ1n) is 13.8. The van der Waals surface area contributed by atoms with E-state index in [-0.39, 0.29) is 30.1 Å².